The van der Waals surface area contributed by atoms with Crippen molar-refractivity contribution in [2.24, 2.45) is 0 Å². The highest BCUT2D eigenvalue weighted by Crippen LogP contribution is 2.05. The van der Waals surface area contributed by atoms with Gasteiger partial charge in [-0.25, -0.2) is 0 Å². The molecule has 3 N–H and O–H groups in total. The van der Waals surface area contributed by atoms with Crippen molar-refractivity contribution in [3.05, 3.63) is 0 Å². The van der Waals surface area contributed by atoms with E-state index in [1.54, 1.807) is 0 Å². The Morgan fingerprint density at radius 1 is 1.39 bits per heavy atom. The first-order valence-electron chi connectivity index (χ1n) is 6.07. The first-order valence-corrected chi connectivity index (χ1v) is 6.07. The van der Waals surface area contributed by atoms with Crippen LogP contribution in [0.1, 0.15) is 6.92 Å². The first kappa shape index (κ1) is 14.9. The van der Waals surface area contributed by atoms with Gasteiger partial charge in [0.15, 0.2) is 0 Å². The van der Waals surface area contributed by atoms with Crippen LogP contribution in [0, 0.1) is 0 Å². The van der Waals surface area contributed by atoms with E-state index < -0.39 is 0 Å². The number of amides is 2. The molecule has 1 fully saturated rings. The molecule has 1 saturated heterocycles. The van der Waals surface area contributed by atoms with E-state index in [1.807, 2.05) is 4.90 Å². The third kappa shape index (κ3) is 5.44. The Morgan fingerprint density at radius 3 is 2.78 bits per heavy atom. The molecule has 0 saturated carbocycles. The third-order valence-electron chi connectivity index (χ3n) is 2.73. The molecule has 0 bridgehead atoms. The van der Waals surface area contributed by atoms with Gasteiger partial charge in [-0.15, -0.1) is 0 Å². The van der Waals surface area contributed by atoms with E-state index >= 15 is 0 Å². The lowest BCUT2D eigenvalue weighted by Gasteiger charge is -2.33. The van der Waals surface area contributed by atoms with Gasteiger partial charge in [-0.1, -0.05) is 0 Å². The molecule has 1 unspecified atom stereocenters. The maximum Gasteiger partial charge on any atom is 0.234 e. The summed E-state index contributed by atoms with van der Waals surface area (Å²) in [7, 11) is 0. The summed E-state index contributed by atoms with van der Waals surface area (Å²) in [4.78, 5) is 24.1. The van der Waals surface area contributed by atoms with E-state index in [1.165, 1.54) is 6.92 Å². The van der Waals surface area contributed by atoms with Crippen LogP contribution >= 0.6 is 0 Å². The Labute approximate surface area is 106 Å². The highest BCUT2D eigenvalue weighted by Gasteiger charge is 2.23. The van der Waals surface area contributed by atoms with Crippen molar-refractivity contribution >= 4 is 11.8 Å². The SMILES string of the molecule is CC(=O)NCCNC(=O)CN1CCOCC1CO. The number of nitrogens with zero attached hydrogens (tertiary/aromatic N) is 1. The number of nitrogens with one attached hydrogen (secondary N) is 2. The van der Waals surface area contributed by atoms with Gasteiger partial charge in [0.25, 0.3) is 0 Å². The summed E-state index contributed by atoms with van der Waals surface area (Å²) in [5.41, 5.74) is 0. The Morgan fingerprint density at radius 2 is 2.11 bits per heavy atom. The average molecular weight is 259 g/mol. The van der Waals surface area contributed by atoms with Crippen molar-refractivity contribution in [3.63, 3.8) is 0 Å². The van der Waals surface area contributed by atoms with Gasteiger partial charge in [0.1, 0.15) is 0 Å². The fraction of sp³-hybridized carbons (Fsp3) is 0.818. The van der Waals surface area contributed by atoms with Gasteiger partial charge >= 0.3 is 0 Å². The Hall–Kier alpha value is -1.18. The minimum atomic E-state index is -0.113. The fourth-order valence-electron chi connectivity index (χ4n) is 1.75. The van der Waals surface area contributed by atoms with Crippen LogP contribution in [0.2, 0.25) is 0 Å². The molecule has 18 heavy (non-hydrogen) atoms. The number of hydrogen-bond acceptors (Lipinski definition) is 5. The van der Waals surface area contributed by atoms with Crippen molar-refractivity contribution in [1.29, 1.82) is 0 Å². The van der Waals surface area contributed by atoms with Crippen LogP contribution in [-0.2, 0) is 14.3 Å². The van der Waals surface area contributed by atoms with Crippen LogP contribution in [0.4, 0.5) is 0 Å². The van der Waals surface area contributed by atoms with Crippen molar-refractivity contribution < 1.29 is 19.4 Å². The molecular weight excluding hydrogens is 238 g/mol. The largest absolute Gasteiger partial charge is 0.395 e. The van der Waals surface area contributed by atoms with Gasteiger partial charge in [0.05, 0.1) is 32.4 Å². The van der Waals surface area contributed by atoms with Crippen molar-refractivity contribution in [2.45, 2.75) is 13.0 Å². The van der Waals surface area contributed by atoms with Gasteiger partial charge in [0, 0.05) is 26.6 Å². The number of rotatable bonds is 6. The molecule has 0 aromatic carbocycles. The Balaban J connectivity index is 2.19. The quantitative estimate of drug-likeness (QED) is 0.477. The molecule has 1 aliphatic rings. The zero-order chi connectivity index (χ0) is 13.4. The molecule has 2 amide bonds. The molecule has 0 spiro atoms. The normalized spacial score (nSPS) is 20.4. The minimum absolute atomic E-state index is 0.0147. The second kappa shape index (κ2) is 8.02. The highest BCUT2D eigenvalue weighted by atomic mass is 16.5. The number of hydrogen-bond donors (Lipinski definition) is 3. The number of aliphatic hydroxyl groups is 1. The summed E-state index contributed by atoms with van der Waals surface area (Å²) >= 11 is 0. The molecule has 7 nitrogen and oxygen atoms in total. The number of carbonyl (C=O) groups is 2. The summed E-state index contributed by atoms with van der Waals surface area (Å²) < 4.78 is 5.23. The van der Waals surface area contributed by atoms with Crippen LogP contribution in [0.15, 0.2) is 0 Å². The molecule has 7 heteroatoms. The second-order valence-corrected chi connectivity index (χ2v) is 4.21. The smallest absolute Gasteiger partial charge is 0.234 e. The maximum atomic E-state index is 11.6. The molecule has 0 aromatic heterocycles. The molecule has 0 radical (unpaired) electrons. The van der Waals surface area contributed by atoms with Crippen LogP contribution < -0.4 is 10.6 Å². The van der Waals surface area contributed by atoms with Gasteiger partial charge in [-0.05, 0) is 0 Å². The predicted octanol–water partition coefficient (Wildman–Crippen LogP) is -2.07. The lowest BCUT2D eigenvalue weighted by molar-refractivity contribution is -0.125. The van der Waals surface area contributed by atoms with E-state index in [4.69, 9.17) is 9.84 Å². The van der Waals surface area contributed by atoms with Crippen LogP contribution in [0.3, 0.4) is 0 Å². The van der Waals surface area contributed by atoms with E-state index in [-0.39, 0.29) is 31.0 Å². The van der Waals surface area contributed by atoms with Gasteiger partial charge in [0.2, 0.25) is 11.8 Å². The van der Waals surface area contributed by atoms with Crippen LogP contribution in [-0.4, -0.2) is 73.9 Å². The van der Waals surface area contributed by atoms with E-state index in [9.17, 15) is 9.59 Å². The molecule has 0 aromatic rings. The fourth-order valence-corrected chi connectivity index (χ4v) is 1.75. The number of ether oxygens (including phenoxy) is 1. The maximum absolute atomic E-state index is 11.6. The van der Waals surface area contributed by atoms with Gasteiger partial charge in [-0.2, -0.15) is 0 Å². The van der Waals surface area contributed by atoms with Crippen molar-refractivity contribution in [2.75, 3.05) is 46.0 Å². The molecular formula is C11H21N3O4. The van der Waals surface area contributed by atoms with Crippen LogP contribution in [0.25, 0.3) is 0 Å². The summed E-state index contributed by atoms with van der Waals surface area (Å²) in [5.74, 6) is -0.224. The third-order valence-corrected chi connectivity index (χ3v) is 2.73. The standard InChI is InChI=1S/C11H21N3O4/c1-9(16)12-2-3-13-11(17)6-14-4-5-18-8-10(14)7-15/h10,15H,2-8H2,1H3,(H,12,16)(H,13,17). The van der Waals surface area contributed by atoms with Gasteiger partial charge < -0.3 is 20.5 Å². The number of morpholine rings is 1. The van der Waals surface area contributed by atoms with Crippen molar-refractivity contribution in [1.82, 2.24) is 15.5 Å². The average Bonchev–Trinajstić information content (AvgIpc) is 2.35. The molecule has 104 valence electrons. The molecule has 1 atom stereocenters. The molecule has 0 aliphatic carbocycles. The second-order valence-electron chi connectivity index (χ2n) is 4.21. The minimum Gasteiger partial charge on any atom is -0.395 e. The Bertz CT molecular complexity index is 285. The highest BCUT2D eigenvalue weighted by molar-refractivity contribution is 5.78. The van der Waals surface area contributed by atoms with Crippen LogP contribution in [0.5, 0.6) is 0 Å². The summed E-state index contributed by atoms with van der Waals surface area (Å²) in [6.45, 7) is 4.17. The first-order chi connectivity index (χ1) is 8.63. The molecule has 1 heterocycles. The lowest BCUT2D eigenvalue weighted by atomic mass is 10.2. The van der Waals surface area contributed by atoms with E-state index in [2.05, 4.69) is 10.6 Å². The number of carbonyl (C=O) groups excluding carboxylic acids is 2. The summed E-state index contributed by atoms with van der Waals surface area (Å²) in [6.07, 6.45) is 0. The zero-order valence-electron chi connectivity index (χ0n) is 10.6. The summed E-state index contributed by atoms with van der Waals surface area (Å²) in [6, 6.07) is -0.111. The predicted molar refractivity (Wildman–Crippen MR) is 65.0 cm³/mol. The van der Waals surface area contributed by atoms with Crippen molar-refractivity contribution in [3.8, 4) is 0 Å². The topological polar surface area (TPSA) is 90.9 Å². The Kier molecular flexibility index (Phi) is 6.63. The number of aliphatic hydroxyl groups excluding tert-OH is 1. The monoisotopic (exact) mass is 259 g/mol. The zero-order valence-corrected chi connectivity index (χ0v) is 10.6. The summed E-state index contributed by atoms with van der Waals surface area (Å²) in [5, 5.41) is 14.5. The van der Waals surface area contributed by atoms with E-state index in [0.717, 1.165) is 0 Å². The lowest BCUT2D eigenvalue weighted by Crippen LogP contribution is -2.51. The van der Waals surface area contributed by atoms with Gasteiger partial charge in [-0.3, -0.25) is 14.5 Å². The molecule has 1 rings (SSSR count). The van der Waals surface area contributed by atoms with E-state index in [0.29, 0.717) is 32.8 Å². The molecule has 1 aliphatic heterocycles.